The molecule has 7 heteroatoms. The lowest BCUT2D eigenvalue weighted by atomic mass is 10.1. The number of halogens is 1. The molecular formula is C37H30BrN3O3. The van der Waals surface area contributed by atoms with E-state index >= 15 is 0 Å². The first-order valence-corrected chi connectivity index (χ1v) is 14.9. The van der Waals surface area contributed by atoms with E-state index in [0.717, 1.165) is 43.6 Å². The van der Waals surface area contributed by atoms with Crippen molar-refractivity contribution < 1.29 is 14.3 Å². The lowest BCUT2D eigenvalue weighted by Crippen LogP contribution is -2.17. The van der Waals surface area contributed by atoms with Crippen LogP contribution in [0.2, 0.25) is 0 Å². The van der Waals surface area contributed by atoms with Crippen molar-refractivity contribution in [3.8, 4) is 28.4 Å². The Bertz CT molecular complexity index is 1960. The van der Waals surface area contributed by atoms with Crippen molar-refractivity contribution in [1.82, 2.24) is 9.99 Å². The van der Waals surface area contributed by atoms with Crippen molar-refractivity contribution in [3.63, 3.8) is 0 Å². The molecule has 1 N–H and O–H groups in total. The van der Waals surface area contributed by atoms with E-state index in [0.29, 0.717) is 23.7 Å². The van der Waals surface area contributed by atoms with Crippen LogP contribution in [0.5, 0.6) is 11.5 Å². The summed E-state index contributed by atoms with van der Waals surface area (Å²) in [6.45, 7) is 2.46. The second-order valence-electron chi connectivity index (χ2n) is 10.3. The molecule has 6 aromatic rings. The van der Waals surface area contributed by atoms with Crippen molar-refractivity contribution >= 4 is 38.8 Å². The van der Waals surface area contributed by atoms with Crippen LogP contribution in [0.25, 0.3) is 27.7 Å². The first-order chi connectivity index (χ1) is 21.5. The van der Waals surface area contributed by atoms with E-state index in [1.54, 1.807) is 25.5 Å². The molecule has 0 aliphatic carbocycles. The zero-order valence-electron chi connectivity index (χ0n) is 24.3. The van der Waals surface area contributed by atoms with Gasteiger partial charge >= 0.3 is 0 Å². The van der Waals surface area contributed by atoms with Gasteiger partial charge in [-0.25, -0.2) is 5.43 Å². The van der Waals surface area contributed by atoms with Crippen molar-refractivity contribution in [2.24, 2.45) is 5.10 Å². The van der Waals surface area contributed by atoms with Crippen LogP contribution in [0, 0.1) is 6.92 Å². The Labute approximate surface area is 264 Å². The standard InChI is InChI=1S/C37H30BrN3O3/c1-25-12-19-34(29-9-4-3-5-10-29)41(25)32-17-15-30(16-18-32)37(42)40-39-23-27-21-33(38)36(35(22-27)43-2)44-24-26-13-14-28-8-6-7-11-31(28)20-26/h3-23H,24H2,1-2H3,(H,40,42)/b39-23+. The number of aryl methyl sites for hydroxylation is 1. The molecule has 0 aliphatic heterocycles. The molecule has 218 valence electrons. The van der Waals surface area contributed by atoms with Crippen LogP contribution in [-0.2, 0) is 6.61 Å². The summed E-state index contributed by atoms with van der Waals surface area (Å²) in [7, 11) is 1.59. The lowest BCUT2D eigenvalue weighted by Gasteiger charge is -2.14. The first kappa shape index (κ1) is 29.0. The van der Waals surface area contributed by atoms with Gasteiger partial charge in [0.2, 0.25) is 0 Å². The maximum absolute atomic E-state index is 12.8. The Morgan fingerprint density at radius 1 is 0.864 bits per heavy atom. The monoisotopic (exact) mass is 643 g/mol. The highest BCUT2D eigenvalue weighted by Crippen LogP contribution is 2.37. The van der Waals surface area contributed by atoms with Gasteiger partial charge in [0.15, 0.2) is 11.5 Å². The summed E-state index contributed by atoms with van der Waals surface area (Å²) in [5.74, 6) is 0.843. The average molecular weight is 645 g/mol. The molecule has 0 saturated carbocycles. The van der Waals surface area contributed by atoms with Gasteiger partial charge in [-0.1, -0.05) is 66.7 Å². The van der Waals surface area contributed by atoms with Gasteiger partial charge in [0.1, 0.15) is 6.61 Å². The van der Waals surface area contributed by atoms with Crippen LogP contribution in [0.4, 0.5) is 0 Å². The molecule has 0 atom stereocenters. The number of carbonyl (C=O) groups is 1. The van der Waals surface area contributed by atoms with Crippen LogP contribution in [0.3, 0.4) is 0 Å². The van der Waals surface area contributed by atoms with Crippen molar-refractivity contribution in [2.75, 3.05) is 7.11 Å². The topological polar surface area (TPSA) is 64.8 Å². The Morgan fingerprint density at radius 3 is 2.39 bits per heavy atom. The molecule has 6 rings (SSSR count). The third-order valence-electron chi connectivity index (χ3n) is 7.36. The molecule has 0 bridgehead atoms. The van der Waals surface area contributed by atoms with E-state index in [1.165, 1.54) is 5.39 Å². The number of hydrazone groups is 1. The van der Waals surface area contributed by atoms with E-state index in [-0.39, 0.29) is 5.91 Å². The maximum atomic E-state index is 12.8. The zero-order valence-corrected chi connectivity index (χ0v) is 25.9. The molecule has 5 aromatic carbocycles. The lowest BCUT2D eigenvalue weighted by molar-refractivity contribution is 0.0955. The van der Waals surface area contributed by atoms with Gasteiger partial charge in [-0.15, -0.1) is 0 Å². The summed E-state index contributed by atoms with van der Waals surface area (Å²) in [6, 6.07) is 40.1. The summed E-state index contributed by atoms with van der Waals surface area (Å²) in [5, 5.41) is 6.53. The zero-order chi connectivity index (χ0) is 30.5. The summed E-state index contributed by atoms with van der Waals surface area (Å²) in [6.07, 6.45) is 1.57. The van der Waals surface area contributed by atoms with Crippen molar-refractivity contribution in [3.05, 3.63) is 148 Å². The number of nitrogens with one attached hydrogen (secondary N) is 1. The number of rotatable bonds is 9. The quantitative estimate of drug-likeness (QED) is 0.127. The molecule has 1 aromatic heterocycles. The predicted octanol–water partition coefficient (Wildman–Crippen LogP) is 8.72. The van der Waals surface area contributed by atoms with Gasteiger partial charge in [-0.2, -0.15) is 5.10 Å². The molecule has 1 heterocycles. The number of ether oxygens (including phenoxy) is 2. The van der Waals surface area contributed by atoms with Crippen LogP contribution in [0.1, 0.15) is 27.2 Å². The summed E-state index contributed by atoms with van der Waals surface area (Å²) < 4.78 is 14.6. The molecule has 44 heavy (non-hydrogen) atoms. The minimum atomic E-state index is -0.304. The highest BCUT2D eigenvalue weighted by Gasteiger charge is 2.13. The minimum absolute atomic E-state index is 0.304. The fraction of sp³-hybridized carbons (Fsp3) is 0.0811. The van der Waals surface area contributed by atoms with Gasteiger partial charge in [0.05, 0.1) is 23.5 Å². The van der Waals surface area contributed by atoms with Gasteiger partial charge in [-0.05, 0) is 105 Å². The van der Waals surface area contributed by atoms with E-state index in [1.807, 2.05) is 54.6 Å². The van der Waals surface area contributed by atoms with E-state index in [4.69, 9.17) is 9.47 Å². The Morgan fingerprint density at radius 2 is 1.61 bits per heavy atom. The van der Waals surface area contributed by atoms with Crippen molar-refractivity contribution in [2.45, 2.75) is 13.5 Å². The van der Waals surface area contributed by atoms with Gasteiger partial charge in [0.25, 0.3) is 5.91 Å². The molecule has 6 nitrogen and oxygen atoms in total. The molecule has 0 radical (unpaired) electrons. The molecule has 1 amide bonds. The molecule has 0 spiro atoms. The third kappa shape index (κ3) is 6.28. The maximum Gasteiger partial charge on any atom is 0.271 e. The van der Waals surface area contributed by atoms with Crippen LogP contribution in [0.15, 0.2) is 131 Å². The number of methoxy groups -OCH3 is 1. The summed E-state index contributed by atoms with van der Waals surface area (Å²) in [5.41, 5.74) is 9.23. The Kier molecular flexibility index (Phi) is 8.57. The van der Waals surface area contributed by atoms with Gasteiger partial charge < -0.3 is 14.0 Å². The number of nitrogens with zero attached hydrogens (tertiary/aromatic N) is 2. The minimum Gasteiger partial charge on any atom is -0.493 e. The number of fused-ring (bicyclic) bond motifs is 1. The number of carbonyl (C=O) groups excluding carboxylic acids is 1. The fourth-order valence-corrected chi connectivity index (χ4v) is 5.72. The SMILES string of the molecule is COc1cc(/C=N/NC(=O)c2ccc(-n3c(C)ccc3-c3ccccc3)cc2)cc(Br)c1OCc1ccc2ccccc2c1. The fourth-order valence-electron chi connectivity index (χ4n) is 5.15. The number of hydrogen-bond donors (Lipinski definition) is 1. The van der Waals surface area contributed by atoms with Gasteiger partial charge in [0, 0.05) is 16.9 Å². The highest BCUT2D eigenvalue weighted by molar-refractivity contribution is 9.10. The van der Waals surface area contributed by atoms with Crippen LogP contribution in [-0.4, -0.2) is 23.8 Å². The van der Waals surface area contributed by atoms with Crippen molar-refractivity contribution in [1.29, 1.82) is 0 Å². The third-order valence-corrected chi connectivity index (χ3v) is 7.95. The molecule has 0 unspecified atom stereocenters. The average Bonchev–Trinajstić information content (AvgIpc) is 3.45. The molecule has 0 aliphatic rings. The van der Waals surface area contributed by atoms with E-state index in [9.17, 15) is 4.79 Å². The van der Waals surface area contributed by atoms with Crippen LogP contribution < -0.4 is 14.9 Å². The second-order valence-corrected chi connectivity index (χ2v) is 11.2. The predicted molar refractivity (Wildman–Crippen MR) is 180 cm³/mol. The second kappa shape index (κ2) is 13.0. The van der Waals surface area contributed by atoms with Gasteiger partial charge in [-0.3, -0.25) is 4.79 Å². The summed E-state index contributed by atoms with van der Waals surface area (Å²) in [4.78, 5) is 12.8. The normalized spacial score (nSPS) is 11.2. The Hall–Kier alpha value is -5.14. The Balaban J connectivity index is 1.11. The summed E-state index contributed by atoms with van der Waals surface area (Å²) >= 11 is 3.60. The first-order valence-electron chi connectivity index (χ1n) is 14.2. The highest BCUT2D eigenvalue weighted by atomic mass is 79.9. The number of benzene rings is 5. The molecular weight excluding hydrogens is 614 g/mol. The smallest absolute Gasteiger partial charge is 0.271 e. The largest absolute Gasteiger partial charge is 0.493 e. The molecule has 0 fully saturated rings. The van der Waals surface area contributed by atoms with E-state index < -0.39 is 0 Å². The van der Waals surface area contributed by atoms with E-state index in [2.05, 4.69) is 92.5 Å². The number of hydrogen-bond acceptors (Lipinski definition) is 4. The number of amides is 1. The number of aromatic nitrogens is 1. The van der Waals surface area contributed by atoms with Crippen LogP contribution >= 0.6 is 15.9 Å². The molecule has 0 saturated heterocycles.